The minimum atomic E-state index is -3.19. The van der Waals surface area contributed by atoms with Crippen molar-refractivity contribution < 1.29 is 13.2 Å². The molecule has 0 saturated carbocycles. The van der Waals surface area contributed by atoms with Gasteiger partial charge in [-0.3, -0.25) is 0 Å². The number of pyridine rings is 1. The van der Waals surface area contributed by atoms with Crippen LogP contribution in [0.2, 0.25) is 0 Å². The Kier molecular flexibility index (Phi) is 9.04. The minimum absolute atomic E-state index is 0.00108. The van der Waals surface area contributed by atoms with Gasteiger partial charge >= 0.3 is 0 Å². The van der Waals surface area contributed by atoms with E-state index in [0.29, 0.717) is 30.7 Å². The molecule has 1 unspecified atom stereocenters. The molecule has 5 aromatic rings. The molecule has 0 aliphatic carbocycles. The minimum Gasteiger partial charge on any atom is -0.379 e. The molecule has 2 aliphatic rings. The third kappa shape index (κ3) is 6.73. The summed E-state index contributed by atoms with van der Waals surface area (Å²) in [7, 11) is 0.623. The lowest BCUT2D eigenvalue weighted by molar-refractivity contribution is 0.119. The Bertz CT molecular complexity index is 2060. The van der Waals surface area contributed by atoms with Gasteiger partial charge in [0.05, 0.1) is 35.6 Å². The molecular formula is C38H41N7O3S. The van der Waals surface area contributed by atoms with Crippen LogP contribution in [0.25, 0.3) is 10.8 Å². The van der Waals surface area contributed by atoms with Gasteiger partial charge in [0.1, 0.15) is 11.6 Å². The Balaban J connectivity index is 1.38. The van der Waals surface area contributed by atoms with Crippen molar-refractivity contribution in [2.24, 2.45) is 10.9 Å². The van der Waals surface area contributed by atoms with Crippen molar-refractivity contribution in [3.8, 4) is 0 Å². The van der Waals surface area contributed by atoms with Crippen LogP contribution in [0.15, 0.2) is 96.2 Å². The van der Waals surface area contributed by atoms with Gasteiger partial charge in [0.25, 0.3) is 0 Å². The van der Waals surface area contributed by atoms with Gasteiger partial charge in [0.15, 0.2) is 9.84 Å². The average molecular weight is 676 g/mol. The van der Waals surface area contributed by atoms with Crippen LogP contribution in [0.3, 0.4) is 0 Å². The van der Waals surface area contributed by atoms with Crippen LogP contribution in [0.5, 0.6) is 0 Å². The summed E-state index contributed by atoms with van der Waals surface area (Å²) in [5.74, 6) is 2.11. The van der Waals surface area contributed by atoms with E-state index in [0.717, 1.165) is 44.5 Å². The Labute approximate surface area is 287 Å². The molecular weight excluding hydrogens is 635 g/mol. The number of aromatic nitrogens is 3. The van der Waals surface area contributed by atoms with Crippen molar-refractivity contribution in [2.45, 2.75) is 25.0 Å². The summed E-state index contributed by atoms with van der Waals surface area (Å²) in [5.41, 5.74) is 5.88. The van der Waals surface area contributed by atoms with Crippen molar-refractivity contribution in [3.63, 3.8) is 0 Å². The smallest absolute Gasteiger partial charge is 0.226 e. The predicted octanol–water partition coefficient (Wildman–Crippen LogP) is 6.38. The average Bonchev–Trinajstić information content (AvgIpc) is 3.07. The van der Waals surface area contributed by atoms with E-state index in [4.69, 9.17) is 14.7 Å². The summed E-state index contributed by atoms with van der Waals surface area (Å²) in [5, 5.41) is 4.93. The summed E-state index contributed by atoms with van der Waals surface area (Å²) in [4.78, 5) is 23.4. The first kappa shape index (κ1) is 32.7. The number of hydrogen-bond acceptors (Lipinski definition) is 10. The highest BCUT2D eigenvalue weighted by molar-refractivity contribution is 7.92. The van der Waals surface area contributed by atoms with Gasteiger partial charge in [-0.25, -0.2) is 23.4 Å². The molecule has 0 amide bonds. The molecule has 2 fully saturated rings. The molecule has 1 N–H and O–H groups in total. The quantitative estimate of drug-likeness (QED) is 0.178. The number of aliphatic imine (C=N–C) groups is 1. The normalized spacial score (nSPS) is 17.5. The number of ether oxygens (including phenoxy) is 1. The Morgan fingerprint density at radius 3 is 2.27 bits per heavy atom. The zero-order valence-corrected chi connectivity index (χ0v) is 29.1. The number of nitrogens with zero attached hydrogens (tertiary/aromatic N) is 6. The van der Waals surface area contributed by atoms with Gasteiger partial charge in [0, 0.05) is 67.7 Å². The molecule has 0 radical (unpaired) electrons. The third-order valence-electron chi connectivity index (χ3n) is 9.25. The molecule has 3 aromatic carbocycles. The van der Waals surface area contributed by atoms with E-state index in [1.807, 2.05) is 67.7 Å². The number of hydrogen-bond donors (Lipinski definition) is 1. The maximum atomic E-state index is 12.9. The molecule has 252 valence electrons. The molecule has 2 aromatic heterocycles. The van der Waals surface area contributed by atoms with Crippen molar-refractivity contribution in [1.29, 1.82) is 0 Å². The van der Waals surface area contributed by atoms with Crippen molar-refractivity contribution in [1.82, 2.24) is 15.0 Å². The molecule has 2 aliphatic heterocycles. The second kappa shape index (κ2) is 13.6. The van der Waals surface area contributed by atoms with Gasteiger partial charge in [-0.1, -0.05) is 74.5 Å². The highest BCUT2D eigenvalue weighted by Gasteiger charge is 2.43. The van der Waals surface area contributed by atoms with Crippen LogP contribution in [0.1, 0.15) is 36.5 Å². The van der Waals surface area contributed by atoms with Crippen LogP contribution >= 0.6 is 0 Å². The first-order valence-corrected chi connectivity index (χ1v) is 18.4. The highest BCUT2D eigenvalue weighted by Crippen LogP contribution is 2.44. The summed E-state index contributed by atoms with van der Waals surface area (Å²) in [6.45, 7) is 6.14. The van der Waals surface area contributed by atoms with Gasteiger partial charge in [-0.15, -0.1) is 0 Å². The number of benzene rings is 3. The topological polar surface area (TPSA) is 113 Å². The molecule has 7 rings (SSSR count). The molecule has 49 heavy (non-hydrogen) atoms. The van der Waals surface area contributed by atoms with E-state index in [2.05, 4.69) is 70.4 Å². The third-order valence-corrected chi connectivity index (χ3v) is 11.4. The molecule has 0 bridgehead atoms. The highest BCUT2D eigenvalue weighted by atomic mass is 32.2. The Morgan fingerprint density at radius 2 is 1.63 bits per heavy atom. The number of fused-ring (bicyclic) bond motifs is 1. The van der Waals surface area contributed by atoms with E-state index < -0.39 is 15.1 Å². The predicted molar refractivity (Wildman–Crippen MR) is 198 cm³/mol. The van der Waals surface area contributed by atoms with E-state index in [9.17, 15) is 8.42 Å². The number of rotatable bonds is 9. The summed E-state index contributed by atoms with van der Waals surface area (Å²) in [6.07, 6.45) is 3.63. The van der Waals surface area contributed by atoms with Gasteiger partial charge in [-0.05, 0) is 35.1 Å². The van der Waals surface area contributed by atoms with Crippen molar-refractivity contribution in [2.75, 3.05) is 61.3 Å². The zero-order valence-electron chi connectivity index (χ0n) is 28.2. The molecule has 1 atom stereocenters. The van der Waals surface area contributed by atoms with Crippen LogP contribution < -0.4 is 15.1 Å². The van der Waals surface area contributed by atoms with Crippen molar-refractivity contribution in [3.05, 3.63) is 108 Å². The fourth-order valence-corrected chi connectivity index (χ4v) is 8.43. The van der Waals surface area contributed by atoms with E-state index >= 15 is 0 Å². The van der Waals surface area contributed by atoms with E-state index in [1.165, 1.54) is 0 Å². The molecule has 2 saturated heterocycles. The van der Waals surface area contributed by atoms with Crippen molar-refractivity contribution >= 4 is 55.3 Å². The first-order chi connectivity index (χ1) is 23.7. The van der Waals surface area contributed by atoms with Crippen LogP contribution in [-0.4, -0.2) is 80.5 Å². The Morgan fingerprint density at radius 1 is 0.939 bits per heavy atom. The largest absolute Gasteiger partial charge is 0.379 e. The number of anilines is 4. The molecule has 11 heteroatoms. The molecule has 0 spiro atoms. The van der Waals surface area contributed by atoms with E-state index in [-0.39, 0.29) is 30.8 Å². The van der Waals surface area contributed by atoms with Crippen LogP contribution in [0.4, 0.5) is 29.0 Å². The maximum Gasteiger partial charge on any atom is 0.226 e. The molecule has 4 heterocycles. The number of nitrogens with one attached hydrogen (secondary N) is 1. The van der Waals surface area contributed by atoms with Gasteiger partial charge in [-0.2, -0.15) is 4.98 Å². The standard InChI is InChI=1S/C38H41N7O3S/c1-25(2)36-29-19-35(42-34-15-16-39-38(43-34)44(3)4)40-21-30(29)32(45-22-28(23-45)33-24-48-17-18-49(33,46)47)20-31(36)41-37(26-11-7-5-8-12-26)27-13-9-6-10-14-27/h5-16,19-21,25,28,33H,17-18,22-24H2,1-4H3,(H,39,40,42,43). The molecule has 10 nitrogen and oxygen atoms in total. The van der Waals surface area contributed by atoms with Gasteiger partial charge in [0.2, 0.25) is 5.95 Å². The van der Waals surface area contributed by atoms with Crippen LogP contribution in [0, 0.1) is 5.92 Å². The van der Waals surface area contributed by atoms with E-state index in [1.54, 1.807) is 6.20 Å². The van der Waals surface area contributed by atoms with Gasteiger partial charge < -0.3 is 19.9 Å². The first-order valence-electron chi connectivity index (χ1n) is 16.7. The maximum absolute atomic E-state index is 12.9. The lowest BCUT2D eigenvalue weighted by Gasteiger charge is -2.45. The number of sulfone groups is 1. The lowest BCUT2D eigenvalue weighted by Crippen LogP contribution is -2.57. The second-order valence-electron chi connectivity index (χ2n) is 13.2. The second-order valence-corrected chi connectivity index (χ2v) is 15.5. The summed E-state index contributed by atoms with van der Waals surface area (Å²) < 4.78 is 31.5. The fourth-order valence-electron chi connectivity index (χ4n) is 6.71. The Hall–Kier alpha value is -4.87. The SMILES string of the molecule is CC(C)c1c(N=C(c2ccccc2)c2ccccc2)cc(N2CC(C3COCCS3(=O)=O)C2)c2cnc(Nc3ccnc(N(C)C)n3)cc12. The lowest BCUT2D eigenvalue weighted by atomic mass is 9.90. The van der Waals surface area contributed by atoms with Crippen LogP contribution in [-0.2, 0) is 14.6 Å². The summed E-state index contributed by atoms with van der Waals surface area (Å²) >= 11 is 0. The monoisotopic (exact) mass is 675 g/mol. The zero-order chi connectivity index (χ0) is 34.1. The fraction of sp³-hybridized carbons (Fsp3) is 0.316. The summed E-state index contributed by atoms with van der Waals surface area (Å²) in [6, 6.07) is 26.6.